The maximum Gasteiger partial charge on any atom is 0.229 e. The third kappa shape index (κ3) is 2.88. The Kier molecular flexibility index (Phi) is 3.96. The van der Waals surface area contributed by atoms with Crippen molar-refractivity contribution >= 4 is 23.5 Å². The molecule has 0 spiro atoms. The number of benzene rings is 1. The number of phenolic OH excluding ortho intramolecular Hbond substituents is 1. The molecule has 1 aliphatic heterocycles. The van der Waals surface area contributed by atoms with Gasteiger partial charge >= 0.3 is 0 Å². The highest BCUT2D eigenvalue weighted by molar-refractivity contribution is 5.69. The van der Waals surface area contributed by atoms with Gasteiger partial charge < -0.3 is 15.3 Å². The molecule has 0 radical (unpaired) electrons. The maximum atomic E-state index is 9.59. The van der Waals surface area contributed by atoms with Crippen molar-refractivity contribution in [2.75, 3.05) is 23.3 Å². The van der Waals surface area contributed by atoms with E-state index in [0.29, 0.717) is 5.95 Å². The number of anilines is 3. The Morgan fingerprint density at radius 2 is 2.23 bits per heavy atom. The molecule has 0 amide bonds. The van der Waals surface area contributed by atoms with Crippen LogP contribution in [0, 0.1) is 6.92 Å². The molecule has 0 fully saturated rings. The molecule has 2 N–H and O–H groups in total. The van der Waals surface area contributed by atoms with E-state index < -0.39 is 0 Å². The molecule has 1 aromatic heterocycles. The molecular weight excluding hydrogens is 276 g/mol. The predicted molar refractivity (Wildman–Crippen MR) is 89.7 cm³/mol. The molecule has 0 aliphatic carbocycles. The lowest BCUT2D eigenvalue weighted by atomic mass is 10.2. The Morgan fingerprint density at radius 1 is 1.36 bits per heavy atom. The predicted octanol–water partition coefficient (Wildman–Crippen LogP) is 3.48. The summed E-state index contributed by atoms with van der Waals surface area (Å²) in [4.78, 5) is 11.3. The van der Waals surface area contributed by atoms with Gasteiger partial charge in [0.05, 0.1) is 0 Å². The van der Waals surface area contributed by atoms with Gasteiger partial charge in [-0.25, -0.2) is 4.98 Å². The Balaban J connectivity index is 1.87. The molecule has 3 rings (SSSR count). The van der Waals surface area contributed by atoms with Gasteiger partial charge in [0.1, 0.15) is 11.6 Å². The van der Waals surface area contributed by atoms with Crippen LogP contribution in [0.2, 0.25) is 0 Å². The third-order valence-electron chi connectivity index (χ3n) is 3.67. The molecular formula is C17H20N4O. The molecule has 1 aliphatic rings. The summed E-state index contributed by atoms with van der Waals surface area (Å²) >= 11 is 0. The van der Waals surface area contributed by atoms with Gasteiger partial charge in [-0.2, -0.15) is 4.98 Å². The molecule has 114 valence electrons. The fourth-order valence-electron chi connectivity index (χ4n) is 2.54. The maximum absolute atomic E-state index is 9.59. The summed E-state index contributed by atoms with van der Waals surface area (Å²) in [6.07, 6.45) is 7.13. The number of nitrogens with one attached hydrogen (secondary N) is 1. The van der Waals surface area contributed by atoms with Crippen molar-refractivity contribution in [3.8, 4) is 5.75 Å². The molecule has 0 atom stereocenters. The molecule has 0 saturated carbocycles. The van der Waals surface area contributed by atoms with Crippen molar-refractivity contribution in [2.24, 2.45) is 0 Å². The average Bonchev–Trinajstić information content (AvgIpc) is 2.52. The van der Waals surface area contributed by atoms with E-state index >= 15 is 0 Å². The van der Waals surface area contributed by atoms with Crippen molar-refractivity contribution in [3.05, 3.63) is 41.6 Å². The van der Waals surface area contributed by atoms with Crippen molar-refractivity contribution < 1.29 is 5.11 Å². The van der Waals surface area contributed by atoms with Crippen LogP contribution in [0.1, 0.15) is 24.5 Å². The second-order valence-corrected chi connectivity index (χ2v) is 5.45. The quantitative estimate of drug-likeness (QED) is 0.846. The first kappa shape index (κ1) is 14.4. The highest BCUT2D eigenvalue weighted by Crippen LogP contribution is 2.26. The molecule has 0 bridgehead atoms. The fraction of sp³-hybridized carbons (Fsp3) is 0.294. The normalized spacial score (nSPS) is 13.1. The minimum Gasteiger partial charge on any atom is -0.508 e. The van der Waals surface area contributed by atoms with Crippen molar-refractivity contribution in [2.45, 2.75) is 20.3 Å². The number of hydrogen-bond acceptors (Lipinski definition) is 5. The van der Waals surface area contributed by atoms with Gasteiger partial charge in [0, 0.05) is 30.5 Å². The lowest BCUT2D eigenvalue weighted by Gasteiger charge is -2.26. The Hall–Kier alpha value is -2.56. The Morgan fingerprint density at radius 3 is 3.00 bits per heavy atom. The number of rotatable bonds is 4. The highest BCUT2D eigenvalue weighted by Gasteiger charge is 2.15. The zero-order valence-corrected chi connectivity index (χ0v) is 12.9. The molecule has 5 nitrogen and oxygen atoms in total. The van der Waals surface area contributed by atoms with Gasteiger partial charge in [0.15, 0.2) is 0 Å². The van der Waals surface area contributed by atoms with Crippen LogP contribution in [0.3, 0.4) is 0 Å². The van der Waals surface area contributed by atoms with E-state index in [-0.39, 0.29) is 5.75 Å². The van der Waals surface area contributed by atoms with Crippen LogP contribution < -0.4 is 10.2 Å². The first-order valence-corrected chi connectivity index (χ1v) is 7.52. The average molecular weight is 296 g/mol. The summed E-state index contributed by atoms with van der Waals surface area (Å²) in [5, 5.41) is 12.8. The van der Waals surface area contributed by atoms with Crippen LogP contribution in [-0.2, 0) is 0 Å². The van der Waals surface area contributed by atoms with Crippen molar-refractivity contribution in [1.29, 1.82) is 0 Å². The second-order valence-electron chi connectivity index (χ2n) is 5.45. The van der Waals surface area contributed by atoms with Crippen molar-refractivity contribution in [1.82, 2.24) is 9.97 Å². The number of nitrogens with zero attached hydrogens (tertiary/aromatic N) is 3. The SMILES string of the molecule is CCCN1CC=Cc2cnc(Nc3ccc(O)c(C)c3)nc21. The number of fused-ring (bicyclic) bond motifs is 1. The van der Waals surface area contributed by atoms with E-state index in [1.54, 1.807) is 6.07 Å². The molecule has 2 heterocycles. The monoisotopic (exact) mass is 296 g/mol. The number of aryl methyl sites for hydroxylation is 1. The summed E-state index contributed by atoms with van der Waals surface area (Å²) in [6, 6.07) is 5.36. The summed E-state index contributed by atoms with van der Waals surface area (Å²) in [5.74, 6) is 1.83. The number of aromatic nitrogens is 2. The smallest absolute Gasteiger partial charge is 0.229 e. The first-order chi connectivity index (χ1) is 10.7. The van der Waals surface area contributed by atoms with Crippen LogP contribution in [0.25, 0.3) is 6.08 Å². The lowest BCUT2D eigenvalue weighted by Crippen LogP contribution is -2.28. The molecule has 22 heavy (non-hydrogen) atoms. The van der Waals surface area contributed by atoms with Gasteiger partial charge in [-0.1, -0.05) is 19.1 Å². The Labute approximate surface area is 130 Å². The van der Waals surface area contributed by atoms with Crippen molar-refractivity contribution in [3.63, 3.8) is 0 Å². The van der Waals surface area contributed by atoms with Crippen LogP contribution in [0.15, 0.2) is 30.5 Å². The van der Waals surface area contributed by atoms with Gasteiger partial charge in [-0.15, -0.1) is 0 Å². The topological polar surface area (TPSA) is 61.3 Å². The number of hydrogen-bond donors (Lipinski definition) is 2. The zero-order valence-electron chi connectivity index (χ0n) is 12.9. The summed E-state index contributed by atoms with van der Waals surface area (Å²) in [6.45, 7) is 5.89. The van der Waals surface area contributed by atoms with E-state index in [0.717, 1.165) is 42.1 Å². The molecule has 2 aromatic rings. The second kappa shape index (κ2) is 6.05. The largest absolute Gasteiger partial charge is 0.508 e. The molecule has 0 saturated heterocycles. The molecule has 0 unspecified atom stereocenters. The number of phenols is 1. The summed E-state index contributed by atoms with van der Waals surface area (Å²) in [5.41, 5.74) is 2.73. The summed E-state index contributed by atoms with van der Waals surface area (Å²) < 4.78 is 0. The van der Waals surface area contributed by atoms with Crippen LogP contribution >= 0.6 is 0 Å². The van der Waals surface area contributed by atoms with Gasteiger partial charge in [0.25, 0.3) is 0 Å². The Bertz CT molecular complexity index is 712. The lowest BCUT2D eigenvalue weighted by molar-refractivity contribution is 0.471. The zero-order chi connectivity index (χ0) is 15.5. The van der Waals surface area contributed by atoms with E-state index in [9.17, 15) is 5.11 Å². The van der Waals surface area contributed by atoms with Gasteiger partial charge in [0.2, 0.25) is 5.95 Å². The van der Waals surface area contributed by atoms with E-state index in [1.807, 2.05) is 25.3 Å². The van der Waals surface area contributed by atoms with Crippen LogP contribution in [-0.4, -0.2) is 28.2 Å². The standard InChI is InChI=1S/C17H20N4O/c1-3-8-21-9-4-5-13-11-18-17(20-16(13)21)19-14-6-7-15(22)12(2)10-14/h4-7,10-11,22H,3,8-9H2,1-2H3,(H,18,19,20). The fourth-order valence-corrected chi connectivity index (χ4v) is 2.54. The number of aromatic hydroxyl groups is 1. The van der Waals surface area contributed by atoms with Gasteiger partial charge in [-0.3, -0.25) is 0 Å². The molecule has 1 aromatic carbocycles. The highest BCUT2D eigenvalue weighted by atomic mass is 16.3. The summed E-state index contributed by atoms with van der Waals surface area (Å²) in [7, 11) is 0. The first-order valence-electron chi connectivity index (χ1n) is 7.52. The molecule has 5 heteroatoms. The van der Waals surface area contributed by atoms with E-state index in [2.05, 4.69) is 39.3 Å². The van der Waals surface area contributed by atoms with E-state index in [1.165, 1.54) is 0 Å². The minimum atomic E-state index is 0.288. The van der Waals surface area contributed by atoms with Crippen LogP contribution in [0.4, 0.5) is 17.5 Å². The van der Waals surface area contributed by atoms with Gasteiger partial charge in [-0.05, 0) is 37.1 Å². The van der Waals surface area contributed by atoms with E-state index in [4.69, 9.17) is 0 Å². The third-order valence-corrected chi connectivity index (χ3v) is 3.67. The van der Waals surface area contributed by atoms with Crippen LogP contribution in [0.5, 0.6) is 5.75 Å². The minimum absolute atomic E-state index is 0.288.